The first-order valence-corrected chi connectivity index (χ1v) is 7.82. The highest BCUT2D eigenvalue weighted by atomic mass is 16.5. The van der Waals surface area contributed by atoms with E-state index in [1.165, 1.54) is 0 Å². The van der Waals surface area contributed by atoms with Gasteiger partial charge in [-0.05, 0) is 40.0 Å². The summed E-state index contributed by atoms with van der Waals surface area (Å²) in [4.78, 5) is 0. The minimum atomic E-state index is -0.184. The molecule has 2 nitrogen and oxygen atoms in total. The molecule has 0 saturated heterocycles. The summed E-state index contributed by atoms with van der Waals surface area (Å²) in [6.45, 7) is 21.2. The van der Waals surface area contributed by atoms with Crippen molar-refractivity contribution in [2.24, 2.45) is 5.92 Å². The van der Waals surface area contributed by atoms with Gasteiger partial charge in [-0.15, -0.1) is 13.2 Å². The van der Waals surface area contributed by atoms with Crippen LogP contribution in [0.1, 0.15) is 60.8 Å². The highest BCUT2D eigenvalue weighted by Crippen LogP contribution is 2.33. The maximum Gasteiger partial charge on any atom is 0.0706 e. The van der Waals surface area contributed by atoms with Crippen LogP contribution in [0.25, 0.3) is 0 Å². The van der Waals surface area contributed by atoms with Gasteiger partial charge in [-0.25, -0.2) is 0 Å². The molecule has 20 heavy (non-hydrogen) atoms. The Bertz CT molecular complexity index is 300. The standard InChI is InChI=1S/C18H34O2/c1-9-13-17(7,11-3)20-16(6)15(5)18(8,12-4)19-14-10-2/h9-10,15-16H,1-2,11-14H2,3-8H3. The summed E-state index contributed by atoms with van der Waals surface area (Å²) in [6, 6.07) is 0. The molecular weight excluding hydrogens is 248 g/mol. The van der Waals surface area contributed by atoms with Crippen LogP contribution in [0.2, 0.25) is 0 Å². The fourth-order valence-electron chi connectivity index (χ4n) is 2.43. The monoisotopic (exact) mass is 282 g/mol. The van der Waals surface area contributed by atoms with Crippen LogP contribution in [0.15, 0.2) is 25.3 Å². The second-order valence-corrected chi connectivity index (χ2v) is 6.17. The molecule has 0 aliphatic rings. The summed E-state index contributed by atoms with van der Waals surface area (Å²) in [5.74, 6) is 0.308. The lowest BCUT2D eigenvalue weighted by Gasteiger charge is -2.41. The van der Waals surface area contributed by atoms with Crippen LogP contribution in [0.3, 0.4) is 0 Å². The first-order valence-electron chi connectivity index (χ1n) is 7.82. The molecule has 0 aromatic carbocycles. The van der Waals surface area contributed by atoms with Crippen LogP contribution in [-0.4, -0.2) is 23.9 Å². The minimum Gasteiger partial charge on any atom is -0.372 e. The van der Waals surface area contributed by atoms with Crippen LogP contribution >= 0.6 is 0 Å². The van der Waals surface area contributed by atoms with Gasteiger partial charge in [0.1, 0.15) is 0 Å². The highest BCUT2D eigenvalue weighted by Gasteiger charge is 2.36. The zero-order chi connectivity index (χ0) is 15.8. The summed E-state index contributed by atoms with van der Waals surface area (Å²) < 4.78 is 12.3. The SMILES string of the molecule is C=CCOC(C)(CC)C(C)C(C)OC(C)(CC)CC=C. The summed E-state index contributed by atoms with van der Waals surface area (Å²) in [5, 5.41) is 0. The van der Waals surface area contributed by atoms with E-state index >= 15 is 0 Å². The smallest absolute Gasteiger partial charge is 0.0706 e. The van der Waals surface area contributed by atoms with E-state index in [0.717, 1.165) is 19.3 Å². The average molecular weight is 282 g/mol. The van der Waals surface area contributed by atoms with Gasteiger partial charge in [0.2, 0.25) is 0 Å². The number of rotatable bonds is 11. The van der Waals surface area contributed by atoms with E-state index in [4.69, 9.17) is 9.47 Å². The number of hydrogen-bond donors (Lipinski definition) is 0. The van der Waals surface area contributed by atoms with Gasteiger partial charge in [0.15, 0.2) is 0 Å². The summed E-state index contributed by atoms with van der Waals surface area (Å²) >= 11 is 0. The van der Waals surface area contributed by atoms with E-state index in [1.54, 1.807) is 6.08 Å². The molecule has 0 aliphatic heterocycles. The van der Waals surface area contributed by atoms with Gasteiger partial charge in [-0.3, -0.25) is 0 Å². The fourth-order valence-corrected chi connectivity index (χ4v) is 2.43. The molecule has 0 rings (SSSR count). The van der Waals surface area contributed by atoms with Gasteiger partial charge in [0, 0.05) is 5.92 Å². The molecule has 4 atom stereocenters. The van der Waals surface area contributed by atoms with Crippen molar-refractivity contribution in [3.63, 3.8) is 0 Å². The number of hydrogen-bond acceptors (Lipinski definition) is 2. The second-order valence-electron chi connectivity index (χ2n) is 6.17. The maximum absolute atomic E-state index is 6.34. The first kappa shape index (κ1) is 19.4. The Morgan fingerprint density at radius 2 is 1.65 bits per heavy atom. The van der Waals surface area contributed by atoms with Gasteiger partial charge < -0.3 is 9.47 Å². The molecule has 0 aromatic rings. The minimum absolute atomic E-state index is 0.134. The van der Waals surface area contributed by atoms with Crippen LogP contribution in [-0.2, 0) is 9.47 Å². The summed E-state index contributed by atoms with van der Waals surface area (Å²) in [7, 11) is 0. The molecule has 0 aromatic heterocycles. The van der Waals surface area contributed by atoms with Crippen molar-refractivity contribution >= 4 is 0 Å². The van der Waals surface area contributed by atoms with Crippen molar-refractivity contribution < 1.29 is 9.47 Å². The second kappa shape index (κ2) is 8.63. The van der Waals surface area contributed by atoms with Crippen molar-refractivity contribution in [2.45, 2.75) is 78.1 Å². The van der Waals surface area contributed by atoms with E-state index in [2.05, 4.69) is 54.7 Å². The Morgan fingerprint density at radius 1 is 1.05 bits per heavy atom. The van der Waals surface area contributed by atoms with Gasteiger partial charge in [0.05, 0.1) is 23.9 Å². The lowest BCUT2D eigenvalue weighted by molar-refractivity contribution is -0.150. The van der Waals surface area contributed by atoms with Crippen molar-refractivity contribution in [1.82, 2.24) is 0 Å². The molecule has 2 heteroatoms. The van der Waals surface area contributed by atoms with Crippen LogP contribution in [0.5, 0.6) is 0 Å². The third-order valence-corrected chi connectivity index (χ3v) is 4.69. The maximum atomic E-state index is 6.34. The molecule has 0 saturated carbocycles. The zero-order valence-corrected chi connectivity index (χ0v) is 14.4. The topological polar surface area (TPSA) is 18.5 Å². The molecule has 0 radical (unpaired) electrons. The largest absolute Gasteiger partial charge is 0.372 e. The molecule has 0 spiro atoms. The van der Waals surface area contributed by atoms with E-state index in [1.807, 2.05) is 6.08 Å². The molecule has 118 valence electrons. The predicted molar refractivity (Wildman–Crippen MR) is 88.1 cm³/mol. The normalized spacial score (nSPS) is 20.5. The van der Waals surface area contributed by atoms with Crippen LogP contribution < -0.4 is 0 Å². The molecule has 4 unspecified atom stereocenters. The Labute approximate surface area is 126 Å². The van der Waals surface area contributed by atoms with Gasteiger partial charge in [-0.2, -0.15) is 0 Å². The highest BCUT2D eigenvalue weighted by molar-refractivity contribution is 4.89. The van der Waals surface area contributed by atoms with Crippen molar-refractivity contribution in [1.29, 1.82) is 0 Å². The molecular formula is C18H34O2. The van der Waals surface area contributed by atoms with Crippen molar-refractivity contribution in [3.05, 3.63) is 25.3 Å². The molecule has 0 amide bonds. The van der Waals surface area contributed by atoms with E-state index < -0.39 is 0 Å². The van der Waals surface area contributed by atoms with E-state index in [9.17, 15) is 0 Å². The summed E-state index contributed by atoms with van der Waals surface area (Å²) in [5.41, 5.74) is -0.320. The predicted octanol–water partition coefficient (Wildman–Crippen LogP) is 5.14. The molecule has 0 N–H and O–H groups in total. The van der Waals surface area contributed by atoms with Gasteiger partial charge in [0.25, 0.3) is 0 Å². The fraction of sp³-hybridized carbons (Fsp3) is 0.778. The van der Waals surface area contributed by atoms with Crippen molar-refractivity contribution in [2.75, 3.05) is 6.61 Å². The molecule has 0 bridgehead atoms. The third-order valence-electron chi connectivity index (χ3n) is 4.69. The average Bonchev–Trinajstić information content (AvgIpc) is 2.44. The van der Waals surface area contributed by atoms with E-state index in [0.29, 0.717) is 12.5 Å². The van der Waals surface area contributed by atoms with Crippen molar-refractivity contribution in [3.8, 4) is 0 Å². The van der Waals surface area contributed by atoms with Crippen LogP contribution in [0, 0.1) is 5.92 Å². The zero-order valence-electron chi connectivity index (χ0n) is 14.4. The Morgan fingerprint density at radius 3 is 2.05 bits per heavy atom. The summed E-state index contributed by atoms with van der Waals surface area (Å²) in [6.07, 6.45) is 6.69. The molecule has 0 fully saturated rings. The lowest BCUT2D eigenvalue weighted by atomic mass is 9.83. The molecule has 0 aliphatic carbocycles. The van der Waals surface area contributed by atoms with Crippen LogP contribution in [0.4, 0.5) is 0 Å². The Kier molecular flexibility index (Phi) is 8.38. The molecule has 0 heterocycles. The quantitative estimate of drug-likeness (QED) is 0.488. The van der Waals surface area contributed by atoms with E-state index in [-0.39, 0.29) is 17.3 Å². The third kappa shape index (κ3) is 5.41. The first-order chi connectivity index (χ1) is 9.28. The number of ether oxygens (including phenoxy) is 2. The van der Waals surface area contributed by atoms with Gasteiger partial charge >= 0.3 is 0 Å². The Hall–Kier alpha value is -0.600. The Balaban J connectivity index is 4.84. The lowest BCUT2D eigenvalue weighted by Crippen LogP contribution is -2.45. The van der Waals surface area contributed by atoms with Gasteiger partial charge in [-0.1, -0.05) is 32.9 Å².